The molecule has 1 aliphatic carbocycles. The van der Waals surface area contributed by atoms with Crippen LogP contribution in [0.4, 0.5) is 11.4 Å². The summed E-state index contributed by atoms with van der Waals surface area (Å²) in [5, 5.41) is 2.45. The summed E-state index contributed by atoms with van der Waals surface area (Å²) in [6.07, 6.45) is 7.44. The third-order valence-corrected chi connectivity index (χ3v) is 18.5. The van der Waals surface area contributed by atoms with E-state index in [1.54, 1.807) is 80.5 Å². The van der Waals surface area contributed by atoms with E-state index in [4.69, 9.17) is 9.47 Å². The van der Waals surface area contributed by atoms with Crippen LogP contribution < -0.4 is 10.2 Å². The summed E-state index contributed by atoms with van der Waals surface area (Å²) < 4.78 is 175. The molecule has 23 nitrogen and oxygen atoms in total. The molecular weight excluding hydrogens is 1110 g/mol. The first-order valence-corrected chi connectivity index (χ1v) is 32.1. The summed E-state index contributed by atoms with van der Waals surface area (Å²) in [5.74, 6) is -4.56. The number of fused-ring (bicyclic) bond motifs is 2. The Morgan fingerprint density at radius 2 is 1.35 bits per heavy atom. The summed E-state index contributed by atoms with van der Waals surface area (Å²) in [7, 11) is -20.8. The second-order valence-corrected chi connectivity index (χ2v) is 28.0. The molecule has 426 valence electrons. The molecule has 0 saturated carbocycles. The molecule has 5 N–H and O–H groups in total. The highest BCUT2D eigenvalue weighted by Gasteiger charge is 2.51. The predicted molar refractivity (Wildman–Crippen MR) is 285 cm³/mol. The second kappa shape index (κ2) is 24.1. The van der Waals surface area contributed by atoms with Crippen LogP contribution in [0, 0.1) is 5.41 Å². The Bertz CT molecular complexity index is 3400. The standard InChI is InChI=1S/C49H66N4O19S5/c1-8-71-44(54)13-10-23-51(7)76(66,67)36-16-18-40-38(30-36)47(3,4)42(52(40)24-11-26-73(57,58)59)20-14-34-29-35(33-49(32-34,46(56)72-9-2)45(55)50-22-28-75(63,64)65)15-21-43-48(5,6)39-31-37(77(68,69)70)17-19-41(39)53(43)25-12-27-74(60,61)62/h14-21,29-31H,8-13,22-28,32-33H2,1-7H3,(H4-,50,55,57,58,59,60,61,62,63,64,65,68,69,70)/p+1. The minimum atomic E-state index is -4.68. The fourth-order valence-electron chi connectivity index (χ4n) is 9.72. The van der Waals surface area contributed by atoms with Gasteiger partial charge in [0.1, 0.15) is 6.54 Å². The SMILES string of the molecule is CCOC(=O)CCCN(C)S(=O)(=O)c1ccc2c(c1)C(C)(C)/C(=C\C=C1C=C(/C=C/C3=[N+](CCCS(=O)(=O)O)c4ccc(S(=O)(=O)O)cc4C3(C)C)CC(C(=O)NCCS(=O)(=O)O)(C(=O)OCC)C\1)N2CCCS(=O)(=O)O. The summed E-state index contributed by atoms with van der Waals surface area (Å²) in [6, 6.07) is 8.36. The number of allylic oxidation sites excluding steroid dienone is 8. The molecule has 77 heavy (non-hydrogen) atoms. The van der Waals surface area contributed by atoms with Crippen LogP contribution in [0.25, 0.3) is 0 Å². The molecule has 2 aromatic rings. The molecule has 0 aromatic heterocycles. The number of rotatable bonds is 25. The molecule has 5 rings (SSSR count). The summed E-state index contributed by atoms with van der Waals surface area (Å²) >= 11 is 0. The van der Waals surface area contributed by atoms with Crippen LogP contribution in [0.2, 0.25) is 0 Å². The van der Waals surface area contributed by atoms with E-state index in [2.05, 4.69) is 5.32 Å². The van der Waals surface area contributed by atoms with Crippen molar-refractivity contribution in [3.8, 4) is 0 Å². The highest BCUT2D eigenvalue weighted by molar-refractivity contribution is 7.89. The van der Waals surface area contributed by atoms with Crippen LogP contribution in [-0.4, -0.2) is 156 Å². The van der Waals surface area contributed by atoms with Crippen molar-refractivity contribution >= 4 is 85.4 Å². The van der Waals surface area contributed by atoms with Crippen LogP contribution >= 0.6 is 0 Å². The van der Waals surface area contributed by atoms with Gasteiger partial charge < -0.3 is 19.7 Å². The zero-order valence-corrected chi connectivity index (χ0v) is 47.8. The van der Waals surface area contributed by atoms with Gasteiger partial charge >= 0.3 is 11.9 Å². The average Bonchev–Trinajstić information content (AvgIpc) is 3.65. The van der Waals surface area contributed by atoms with Crippen LogP contribution in [0.3, 0.4) is 0 Å². The molecular formula is C49H67N4O19S5+. The average molecular weight is 1180 g/mol. The Balaban J connectivity index is 1.70. The molecule has 28 heteroatoms. The van der Waals surface area contributed by atoms with Gasteiger partial charge in [-0.05, 0) is 106 Å². The first kappa shape index (κ1) is 62.7. The van der Waals surface area contributed by atoms with Crippen molar-refractivity contribution in [2.24, 2.45) is 5.41 Å². The Labute approximate surface area is 450 Å². The number of ether oxygens (including phenoxy) is 2. The van der Waals surface area contributed by atoms with E-state index in [9.17, 15) is 74.7 Å². The van der Waals surface area contributed by atoms with E-state index in [0.29, 0.717) is 45.1 Å². The van der Waals surface area contributed by atoms with Crippen LogP contribution in [0.5, 0.6) is 0 Å². The fraction of sp³-hybridized carbons (Fsp3) is 0.510. The van der Waals surface area contributed by atoms with Gasteiger partial charge in [-0.25, -0.2) is 12.7 Å². The molecule has 0 saturated heterocycles. The van der Waals surface area contributed by atoms with Crippen LogP contribution in [-0.2, 0) is 85.2 Å². The van der Waals surface area contributed by atoms with Crippen molar-refractivity contribution in [2.75, 3.05) is 68.6 Å². The zero-order valence-electron chi connectivity index (χ0n) is 43.8. The van der Waals surface area contributed by atoms with Gasteiger partial charge in [0, 0.05) is 74.0 Å². The molecule has 1 unspecified atom stereocenters. The Kier molecular flexibility index (Phi) is 19.6. The lowest BCUT2D eigenvalue weighted by molar-refractivity contribution is -0.437. The minimum absolute atomic E-state index is 0.00109. The maximum absolute atomic E-state index is 14.4. The van der Waals surface area contributed by atoms with Gasteiger partial charge in [-0.3, -0.25) is 32.6 Å². The molecule has 2 heterocycles. The van der Waals surface area contributed by atoms with Crippen LogP contribution in [0.1, 0.15) is 91.2 Å². The fourth-order valence-corrected chi connectivity index (χ4v) is 12.8. The number of carbonyl (C=O) groups is 3. The lowest BCUT2D eigenvalue weighted by Crippen LogP contribution is -2.49. The first-order chi connectivity index (χ1) is 35.5. The monoisotopic (exact) mass is 1180 g/mol. The number of benzene rings is 2. The van der Waals surface area contributed by atoms with Gasteiger partial charge in [-0.2, -0.15) is 38.2 Å². The van der Waals surface area contributed by atoms with E-state index in [1.165, 1.54) is 44.3 Å². The summed E-state index contributed by atoms with van der Waals surface area (Å²) in [5.41, 5.74) is -0.720. The van der Waals surface area contributed by atoms with Crippen LogP contribution in [0.15, 0.2) is 93.4 Å². The molecule has 0 bridgehead atoms. The molecule has 1 atom stereocenters. The molecule has 2 aromatic carbocycles. The van der Waals surface area contributed by atoms with E-state index >= 15 is 0 Å². The Hall–Kier alpha value is -5.17. The van der Waals surface area contributed by atoms with Gasteiger partial charge in [0.25, 0.3) is 40.5 Å². The van der Waals surface area contributed by atoms with E-state index in [-0.39, 0.29) is 76.3 Å². The van der Waals surface area contributed by atoms with Gasteiger partial charge in [-0.15, -0.1) is 0 Å². The van der Waals surface area contributed by atoms with E-state index < -0.39 is 113 Å². The lowest BCUT2D eigenvalue weighted by atomic mass is 9.70. The number of hydrogen-bond donors (Lipinski definition) is 5. The molecule has 0 spiro atoms. The number of sulfonamides is 1. The minimum Gasteiger partial charge on any atom is -0.466 e. The number of nitrogens with zero attached hydrogens (tertiary/aromatic N) is 3. The zero-order chi connectivity index (χ0) is 57.7. The Morgan fingerprint density at radius 3 is 1.96 bits per heavy atom. The van der Waals surface area contributed by atoms with Crippen molar-refractivity contribution in [1.29, 1.82) is 0 Å². The van der Waals surface area contributed by atoms with E-state index in [0.717, 1.165) is 4.31 Å². The van der Waals surface area contributed by atoms with Crippen molar-refractivity contribution in [1.82, 2.24) is 9.62 Å². The van der Waals surface area contributed by atoms with Crippen molar-refractivity contribution < 1.29 is 88.7 Å². The largest absolute Gasteiger partial charge is 0.466 e. The van der Waals surface area contributed by atoms with Gasteiger partial charge in [0.2, 0.25) is 21.6 Å². The maximum atomic E-state index is 14.4. The Morgan fingerprint density at radius 1 is 0.740 bits per heavy atom. The summed E-state index contributed by atoms with van der Waals surface area (Å²) in [4.78, 5) is 42.0. The number of anilines is 1. The molecule has 0 fully saturated rings. The topological polar surface area (TPSA) is 343 Å². The normalized spacial score (nSPS) is 19.7. The van der Waals surface area contributed by atoms with Gasteiger partial charge in [0.05, 0.1) is 45.7 Å². The van der Waals surface area contributed by atoms with Crippen molar-refractivity contribution in [3.05, 3.63) is 94.7 Å². The molecule has 0 radical (unpaired) electrons. The highest BCUT2D eigenvalue weighted by atomic mass is 32.2. The van der Waals surface area contributed by atoms with Crippen molar-refractivity contribution in [2.45, 2.75) is 101 Å². The number of carbonyl (C=O) groups excluding carboxylic acids is 3. The second-order valence-electron chi connectivity index (χ2n) is 19.8. The molecule has 2 aliphatic heterocycles. The number of amides is 1. The third kappa shape index (κ3) is 15.4. The molecule has 1 amide bonds. The quantitative estimate of drug-likeness (QED) is 0.0401. The summed E-state index contributed by atoms with van der Waals surface area (Å²) in [6.45, 7) is 9.64. The van der Waals surface area contributed by atoms with E-state index in [1.807, 2.05) is 0 Å². The number of esters is 2. The van der Waals surface area contributed by atoms with Gasteiger partial charge in [-0.1, -0.05) is 32.1 Å². The number of nitrogens with one attached hydrogen (secondary N) is 1. The highest BCUT2D eigenvalue weighted by Crippen LogP contribution is 2.50. The lowest BCUT2D eigenvalue weighted by Gasteiger charge is -2.34. The third-order valence-electron chi connectivity index (χ3n) is 13.5. The van der Waals surface area contributed by atoms with Crippen molar-refractivity contribution in [3.63, 3.8) is 0 Å². The maximum Gasteiger partial charge on any atom is 0.322 e. The predicted octanol–water partition coefficient (Wildman–Crippen LogP) is 4.27. The first-order valence-electron chi connectivity index (χ1n) is 24.4. The number of hydrogen-bond acceptors (Lipinski definition) is 16. The molecule has 3 aliphatic rings. The smallest absolute Gasteiger partial charge is 0.322 e. The van der Waals surface area contributed by atoms with Gasteiger partial charge in [0.15, 0.2) is 11.1 Å².